The van der Waals surface area contributed by atoms with Gasteiger partial charge in [-0.1, -0.05) is 35.9 Å². The molecule has 2 heterocycles. The second kappa shape index (κ2) is 4.32. The minimum absolute atomic E-state index is 0.438. The summed E-state index contributed by atoms with van der Waals surface area (Å²) in [6.45, 7) is 1.58. The van der Waals surface area contributed by atoms with E-state index in [1.807, 2.05) is 12.1 Å². The van der Waals surface area contributed by atoms with Crippen LogP contribution in [0.4, 0.5) is 5.82 Å². The zero-order valence-electron chi connectivity index (χ0n) is 9.60. The smallest absolute Gasteiger partial charge is 0.149 e. The molecule has 0 radical (unpaired) electrons. The zero-order valence-corrected chi connectivity index (χ0v) is 10.4. The third-order valence-corrected chi connectivity index (χ3v) is 3.50. The molecule has 18 heavy (non-hydrogen) atoms. The summed E-state index contributed by atoms with van der Waals surface area (Å²) in [6.07, 6.45) is 1.63. The molecule has 1 aromatic carbocycles. The van der Waals surface area contributed by atoms with E-state index in [1.165, 1.54) is 11.1 Å². The maximum atomic E-state index is 8.98. The van der Waals surface area contributed by atoms with Crippen LogP contribution in [0.15, 0.2) is 36.5 Å². The summed E-state index contributed by atoms with van der Waals surface area (Å²) in [4.78, 5) is 6.39. The highest BCUT2D eigenvalue weighted by Crippen LogP contribution is 2.32. The number of benzene rings is 1. The van der Waals surface area contributed by atoms with E-state index in [0.29, 0.717) is 16.4 Å². The summed E-state index contributed by atoms with van der Waals surface area (Å²) in [5.41, 5.74) is 3.05. The molecule has 1 aliphatic rings. The first kappa shape index (κ1) is 11.1. The molecular weight excluding hydrogens is 246 g/mol. The number of rotatable bonds is 1. The van der Waals surface area contributed by atoms with Crippen molar-refractivity contribution < 1.29 is 0 Å². The lowest BCUT2D eigenvalue weighted by atomic mass is 10.1. The van der Waals surface area contributed by atoms with Crippen molar-refractivity contribution in [1.82, 2.24) is 4.98 Å². The van der Waals surface area contributed by atoms with E-state index in [2.05, 4.69) is 28.1 Å². The molecule has 3 nitrogen and oxygen atoms in total. The lowest BCUT2D eigenvalue weighted by molar-refractivity contribution is 0.856. The minimum atomic E-state index is 0.438. The van der Waals surface area contributed by atoms with Crippen LogP contribution in [-0.2, 0) is 13.1 Å². The van der Waals surface area contributed by atoms with E-state index >= 15 is 0 Å². The van der Waals surface area contributed by atoms with E-state index in [4.69, 9.17) is 16.9 Å². The molecule has 0 saturated heterocycles. The van der Waals surface area contributed by atoms with Crippen LogP contribution in [0.25, 0.3) is 0 Å². The Hall–Kier alpha value is -2.05. The second-order valence-corrected chi connectivity index (χ2v) is 4.61. The molecule has 0 atom stereocenters. The van der Waals surface area contributed by atoms with E-state index in [0.717, 1.165) is 13.1 Å². The van der Waals surface area contributed by atoms with E-state index < -0.39 is 0 Å². The van der Waals surface area contributed by atoms with Gasteiger partial charge in [-0.3, -0.25) is 0 Å². The molecular formula is C14H10ClN3. The molecule has 0 N–H and O–H groups in total. The lowest BCUT2D eigenvalue weighted by Crippen LogP contribution is -2.16. The number of pyridine rings is 1. The molecule has 0 amide bonds. The maximum absolute atomic E-state index is 8.98. The lowest BCUT2D eigenvalue weighted by Gasteiger charge is -2.17. The van der Waals surface area contributed by atoms with Crippen LogP contribution >= 0.6 is 11.6 Å². The van der Waals surface area contributed by atoms with Gasteiger partial charge in [-0.2, -0.15) is 5.26 Å². The van der Waals surface area contributed by atoms with E-state index in [-0.39, 0.29) is 0 Å². The highest BCUT2D eigenvalue weighted by atomic mass is 35.5. The van der Waals surface area contributed by atoms with Gasteiger partial charge in [0.25, 0.3) is 0 Å². The number of anilines is 1. The summed E-state index contributed by atoms with van der Waals surface area (Å²) in [7, 11) is 0. The van der Waals surface area contributed by atoms with Gasteiger partial charge in [0.15, 0.2) is 0 Å². The summed E-state index contributed by atoms with van der Waals surface area (Å²) in [6, 6.07) is 12.0. The Bertz CT molecular complexity index is 621. The van der Waals surface area contributed by atoms with Gasteiger partial charge in [-0.05, 0) is 17.2 Å². The first-order chi connectivity index (χ1) is 8.79. The predicted molar refractivity (Wildman–Crippen MR) is 70.3 cm³/mol. The third-order valence-electron chi connectivity index (χ3n) is 3.13. The van der Waals surface area contributed by atoms with Crippen molar-refractivity contribution in [3.8, 4) is 6.07 Å². The van der Waals surface area contributed by atoms with Gasteiger partial charge >= 0.3 is 0 Å². The number of hydrogen-bond acceptors (Lipinski definition) is 3. The molecule has 3 rings (SSSR count). The average molecular weight is 256 g/mol. The number of halogens is 1. The van der Waals surface area contributed by atoms with Gasteiger partial charge in [-0.25, -0.2) is 4.98 Å². The fraction of sp³-hybridized carbons (Fsp3) is 0.143. The fourth-order valence-electron chi connectivity index (χ4n) is 2.22. The normalized spacial score (nSPS) is 13.2. The van der Waals surface area contributed by atoms with Gasteiger partial charge in [0.05, 0.1) is 5.56 Å². The summed E-state index contributed by atoms with van der Waals surface area (Å²) in [5.74, 6) is 0.687. The van der Waals surface area contributed by atoms with Crippen LogP contribution in [0, 0.1) is 11.3 Å². The number of nitriles is 1. The summed E-state index contributed by atoms with van der Waals surface area (Å²) >= 11 is 6.21. The highest BCUT2D eigenvalue weighted by Gasteiger charge is 2.22. The van der Waals surface area contributed by atoms with Gasteiger partial charge in [0.2, 0.25) is 0 Å². The van der Waals surface area contributed by atoms with Gasteiger partial charge in [0.1, 0.15) is 16.9 Å². The minimum Gasteiger partial charge on any atom is -0.347 e. The molecule has 0 bridgehead atoms. The first-order valence-electron chi connectivity index (χ1n) is 5.66. The van der Waals surface area contributed by atoms with Crippen LogP contribution in [0.2, 0.25) is 5.02 Å². The largest absolute Gasteiger partial charge is 0.347 e. The van der Waals surface area contributed by atoms with Gasteiger partial charge < -0.3 is 4.90 Å². The quantitative estimate of drug-likeness (QED) is 0.786. The summed E-state index contributed by atoms with van der Waals surface area (Å²) < 4.78 is 0. The Kier molecular flexibility index (Phi) is 2.66. The van der Waals surface area contributed by atoms with Crippen LogP contribution in [-0.4, -0.2) is 4.98 Å². The van der Waals surface area contributed by atoms with Gasteiger partial charge in [-0.15, -0.1) is 0 Å². The molecule has 0 aliphatic carbocycles. The Labute approximate surface area is 110 Å². The summed E-state index contributed by atoms with van der Waals surface area (Å²) in [5, 5.41) is 9.42. The average Bonchev–Trinajstić information content (AvgIpc) is 2.82. The number of aromatic nitrogens is 1. The predicted octanol–water partition coefficient (Wildman–Crippen LogP) is 3.13. The monoisotopic (exact) mass is 255 g/mol. The van der Waals surface area contributed by atoms with Crippen LogP contribution in [0.5, 0.6) is 0 Å². The number of hydrogen-bond donors (Lipinski definition) is 0. The van der Waals surface area contributed by atoms with E-state index in [9.17, 15) is 0 Å². The second-order valence-electron chi connectivity index (χ2n) is 4.23. The van der Waals surface area contributed by atoms with Crippen molar-refractivity contribution in [3.63, 3.8) is 0 Å². The first-order valence-corrected chi connectivity index (χ1v) is 6.03. The molecule has 0 spiro atoms. The Balaban J connectivity index is 1.98. The molecule has 0 fully saturated rings. The molecule has 1 aromatic heterocycles. The molecule has 2 aromatic rings. The van der Waals surface area contributed by atoms with Crippen molar-refractivity contribution >= 4 is 17.4 Å². The van der Waals surface area contributed by atoms with Crippen molar-refractivity contribution in [3.05, 3.63) is 58.2 Å². The fourth-order valence-corrected chi connectivity index (χ4v) is 2.50. The zero-order chi connectivity index (χ0) is 12.5. The third kappa shape index (κ3) is 1.71. The molecule has 4 heteroatoms. The van der Waals surface area contributed by atoms with E-state index in [1.54, 1.807) is 12.3 Å². The molecule has 0 saturated carbocycles. The number of nitrogens with zero attached hydrogens (tertiary/aromatic N) is 3. The van der Waals surface area contributed by atoms with Crippen molar-refractivity contribution in [2.24, 2.45) is 0 Å². The topological polar surface area (TPSA) is 39.9 Å². The standard InChI is InChI=1S/C14H10ClN3/c15-13-10(7-16)5-6-17-14(13)18-8-11-3-1-2-4-12(11)9-18/h1-6H,8-9H2. The van der Waals surface area contributed by atoms with Crippen molar-refractivity contribution in [1.29, 1.82) is 5.26 Å². The van der Waals surface area contributed by atoms with Crippen LogP contribution < -0.4 is 4.90 Å². The number of fused-ring (bicyclic) bond motifs is 1. The Morgan fingerprint density at radius 2 is 1.83 bits per heavy atom. The molecule has 0 unspecified atom stereocenters. The SMILES string of the molecule is N#Cc1ccnc(N2Cc3ccccc3C2)c1Cl. The Morgan fingerprint density at radius 1 is 1.17 bits per heavy atom. The molecule has 88 valence electrons. The maximum Gasteiger partial charge on any atom is 0.149 e. The van der Waals surface area contributed by atoms with Crippen LogP contribution in [0.1, 0.15) is 16.7 Å². The Morgan fingerprint density at radius 3 is 2.44 bits per heavy atom. The van der Waals surface area contributed by atoms with Crippen molar-refractivity contribution in [2.45, 2.75) is 13.1 Å². The van der Waals surface area contributed by atoms with Crippen LogP contribution in [0.3, 0.4) is 0 Å². The van der Waals surface area contributed by atoms with Crippen molar-refractivity contribution in [2.75, 3.05) is 4.90 Å². The highest BCUT2D eigenvalue weighted by molar-refractivity contribution is 6.34. The molecule has 1 aliphatic heterocycles. The van der Waals surface area contributed by atoms with Gasteiger partial charge in [0, 0.05) is 19.3 Å².